The Kier molecular flexibility index (Phi) is 6.69. The Bertz CT molecular complexity index is 1000. The van der Waals surface area contributed by atoms with Crippen LogP contribution in [-0.4, -0.2) is 85.0 Å². The molecule has 0 aromatic heterocycles. The van der Waals surface area contributed by atoms with Crippen LogP contribution in [0.15, 0.2) is 36.4 Å². The summed E-state index contributed by atoms with van der Waals surface area (Å²) in [5.74, 6) is -4.11. The van der Waals surface area contributed by atoms with Crippen molar-refractivity contribution in [3.05, 3.63) is 47.5 Å². The van der Waals surface area contributed by atoms with Crippen LogP contribution in [0.3, 0.4) is 0 Å². The number of phenols is 4. The van der Waals surface area contributed by atoms with Gasteiger partial charge < -0.3 is 50.0 Å². The van der Waals surface area contributed by atoms with Gasteiger partial charge in [0.25, 0.3) is 0 Å². The van der Waals surface area contributed by atoms with Crippen LogP contribution in [0.25, 0.3) is 0 Å². The van der Waals surface area contributed by atoms with Gasteiger partial charge >= 0.3 is 11.9 Å². The second kappa shape index (κ2) is 9.28. The van der Waals surface area contributed by atoms with Crippen LogP contribution in [0.2, 0.25) is 0 Å². The minimum atomic E-state index is -1.85. The van der Waals surface area contributed by atoms with Gasteiger partial charge in [0.1, 0.15) is 31.0 Å². The predicted octanol–water partition coefficient (Wildman–Crippen LogP) is -0.670. The van der Waals surface area contributed by atoms with E-state index in [2.05, 4.69) is 0 Å². The Balaban J connectivity index is 1.66. The van der Waals surface area contributed by atoms with Crippen LogP contribution in [-0.2, 0) is 14.2 Å². The second-order valence-corrected chi connectivity index (χ2v) is 6.93. The minimum absolute atomic E-state index is 0.124. The fourth-order valence-corrected chi connectivity index (χ4v) is 2.87. The molecule has 1 aliphatic heterocycles. The fourth-order valence-electron chi connectivity index (χ4n) is 2.87. The molecule has 32 heavy (non-hydrogen) atoms. The van der Waals surface area contributed by atoms with Gasteiger partial charge in [0.15, 0.2) is 23.0 Å². The minimum Gasteiger partial charge on any atom is -0.504 e. The number of aliphatic hydroxyl groups excluding tert-OH is 3. The first-order valence-electron chi connectivity index (χ1n) is 9.20. The van der Waals surface area contributed by atoms with Gasteiger partial charge in [-0.2, -0.15) is 0 Å². The first-order chi connectivity index (χ1) is 15.1. The van der Waals surface area contributed by atoms with Crippen LogP contribution in [0.5, 0.6) is 23.0 Å². The molecule has 1 heterocycles. The molecule has 12 nitrogen and oxygen atoms in total. The van der Waals surface area contributed by atoms with Gasteiger partial charge in [0, 0.05) is 0 Å². The Morgan fingerprint density at radius 2 is 1.28 bits per heavy atom. The summed E-state index contributed by atoms with van der Waals surface area (Å²) in [6, 6.07) is 6.26. The SMILES string of the molecule is O=C(OCC1OC(OC(=O)c2ccc(O)c(O)c2)C(O)C(O)C1O)c1ccc(O)c(O)c1. The lowest BCUT2D eigenvalue weighted by Crippen LogP contribution is -2.59. The summed E-state index contributed by atoms with van der Waals surface area (Å²) in [6.07, 6.45) is -8.55. The van der Waals surface area contributed by atoms with E-state index in [-0.39, 0.29) is 11.1 Å². The van der Waals surface area contributed by atoms with Crippen LogP contribution in [0.4, 0.5) is 0 Å². The number of phenolic OH excluding ortho intramolecular Hbond substituents is 4. The average Bonchev–Trinajstić information content (AvgIpc) is 2.76. The molecule has 1 saturated heterocycles. The number of hydrogen-bond donors (Lipinski definition) is 7. The molecule has 7 N–H and O–H groups in total. The number of ether oxygens (including phenoxy) is 3. The Labute approximate surface area is 180 Å². The molecule has 0 saturated carbocycles. The molecule has 0 radical (unpaired) electrons. The third-order valence-corrected chi connectivity index (χ3v) is 4.69. The zero-order chi connectivity index (χ0) is 23.6. The fraction of sp³-hybridized carbons (Fsp3) is 0.300. The topological polar surface area (TPSA) is 203 Å². The van der Waals surface area contributed by atoms with E-state index in [0.29, 0.717) is 0 Å². The van der Waals surface area contributed by atoms with E-state index >= 15 is 0 Å². The third-order valence-electron chi connectivity index (χ3n) is 4.69. The van der Waals surface area contributed by atoms with E-state index in [9.17, 15) is 45.3 Å². The molecule has 5 atom stereocenters. The van der Waals surface area contributed by atoms with E-state index in [1.807, 2.05) is 0 Å². The molecule has 2 aromatic carbocycles. The lowest BCUT2D eigenvalue weighted by molar-refractivity contribution is -0.285. The number of benzene rings is 2. The van der Waals surface area contributed by atoms with E-state index < -0.39 is 72.2 Å². The predicted molar refractivity (Wildman–Crippen MR) is 102 cm³/mol. The summed E-state index contributed by atoms with van der Waals surface area (Å²) in [6.45, 7) is -0.626. The molecule has 5 unspecified atom stereocenters. The van der Waals surface area contributed by atoms with Crippen LogP contribution >= 0.6 is 0 Å². The van der Waals surface area contributed by atoms with Crippen molar-refractivity contribution in [1.29, 1.82) is 0 Å². The first kappa shape index (κ1) is 23.1. The highest BCUT2D eigenvalue weighted by Gasteiger charge is 2.46. The molecule has 2 aromatic rings. The lowest BCUT2D eigenvalue weighted by atomic mass is 9.99. The van der Waals surface area contributed by atoms with E-state index in [1.165, 1.54) is 6.07 Å². The highest BCUT2D eigenvalue weighted by atomic mass is 16.7. The van der Waals surface area contributed by atoms with Crippen LogP contribution in [0.1, 0.15) is 20.7 Å². The summed E-state index contributed by atoms with van der Waals surface area (Å²) >= 11 is 0. The Hall–Kier alpha value is -3.58. The number of hydrogen-bond acceptors (Lipinski definition) is 12. The van der Waals surface area contributed by atoms with E-state index in [4.69, 9.17) is 14.2 Å². The van der Waals surface area contributed by atoms with Crippen molar-refractivity contribution in [2.75, 3.05) is 6.61 Å². The van der Waals surface area contributed by atoms with Gasteiger partial charge in [-0.3, -0.25) is 0 Å². The summed E-state index contributed by atoms with van der Waals surface area (Å²) in [5, 5.41) is 67.8. The van der Waals surface area contributed by atoms with Crippen LogP contribution < -0.4 is 0 Å². The molecule has 172 valence electrons. The van der Waals surface area contributed by atoms with Crippen molar-refractivity contribution in [3.8, 4) is 23.0 Å². The summed E-state index contributed by atoms with van der Waals surface area (Å²) < 4.78 is 15.2. The maximum atomic E-state index is 12.2. The molecule has 0 aliphatic carbocycles. The molecular formula is C20H20O12. The zero-order valence-corrected chi connectivity index (χ0v) is 16.2. The molecule has 0 amide bonds. The second-order valence-electron chi connectivity index (χ2n) is 6.93. The van der Waals surface area contributed by atoms with Crippen molar-refractivity contribution < 1.29 is 59.5 Å². The molecule has 0 bridgehead atoms. The van der Waals surface area contributed by atoms with Crippen molar-refractivity contribution in [1.82, 2.24) is 0 Å². The normalized spacial score (nSPS) is 25.2. The van der Waals surface area contributed by atoms with E-state index in [1.54, 1.807) is 0 Å². The third kappa shape index (κ3) is 4.84. The highest BCUT2D eigenvalue weighted by molar-refractivity contribution is 5.90. The standard InChI is InChI=1S/C20H20O12/c21-10-3-1-8(5-12(10)23)18(28)30-7-14-15(25)16(26)17(27)20(31-14)32-19(29)9-2-4-11(22)13(24)6-9/h1-6,14-17,20-27H,7H2. The average molecular weight is 452 g/mol. The molecule has 3 rings (SSSR count). The molecule has 1 aliphatic rings. The number of aliphatic hydroxyl groups is 3. The quantitative estimate of drug-likeness (QED) is 0.223. The van der Waals surface area contributed by atoms with Crippen molar-refractivity contribution in [3.63, 3.8) is 0 Å². The molecular weight excluding hydrogens is 432 g/mol. The van der Waals surface area contributed by atoms with Crippen molar-refractivity contribution in [2.45, 2.75) is 30.7 Å². The van der Waals surface area contributed by atoms with Crippen molar-refractivity contribution in [2.24, 2.45) is 0 Å². The molecule has 12 heteroatoms. The van der Waals surface area contributed by atoms with Gasteiger partial charge in [0.2, 0.25) is 6.29 Å². The van der Waals surface area contributed by atoms with Gasteiger partial charge in [0.05, 0.1) is 11.1 Å². The van der Waals surface area contributed by atoms with Gasteiger partial charge in [-0.25, -0.2) is 9.59 Å². The first-order valence-corrected chi connectivity index (χ1v) is 9.20. The maximum Gasteiger partial charge on any atom is 0.340 e. The van der Waals surface area contributed by atoms with Gasteiger partial charge in [-0.05, 0) is 36.4 Å². The Morgan fingerprint density at radius 1 is 0.750 bits per heavy atom. The number of esters is 2. The highest BCUT2D eigenvalue weighted by Crippen LogP contribution is 2.28. The smallest absolute Gasteiger partial charge is 0.340 e. The monoisotopic (exact) mass is 452 g/mol. The lowest BCUT2D eigenvalue weighted by Gasteiger charge is -2.39. The largest absolute Gasteiger partial charge is 0.504 e. The van der Waals surface area contributed by atoms with Crippen molar-refractivity contribution >= 4 is 11.9 Å². The molecule has 1 fully saturated rings. The number of carbonyl (C=O) groups is 2. The number of carbonyl (C=O) groups excluding carboxylic acids is 2. The Morgan fingerprint density at radius 3 is 1.81 bits per heavy atom. The number of rotatable bonds is 5. The summed E-state index contributed by atoms with van der Waals surface area (Å²) in [4.78, 5) is 24.4. The zero-order valence-electron chi connectivity index (χ0n) is 16.2. The maximum absolute atomic E-state index is 12.2. The van der Waals surface area contributed by atoms with Crippen LogP contribution in [0, 0.1) is 0 Å². The van der Waals surface area contributed by atoms with Gasteiger partial charge in [-0.15, -0.1) is 0 Å². The molecule has 0 spiro atoms. The summed E-state index contributed by atoms with van der Waals surface area (Å²) in [5.41, 5.74) is -0.326. The van der Waals surface area contributed by atoms with E-state index in [0.717, 1.165) is 30.3 Å². The van der Waals surface area contributed by atoms with Gasteiger partial charge in [-0.1, -0.05) is 0 Å². The number of aromatic hydroxyl groups is 4. The summed E-state index contributed by atoms with van der Waals surface area (Å²) in [7, 11) is 0.